The summed E-state index contributed by atoms with van der Waals surface area (Å²) in [5, 5.41) is 14.6. The Balaban J connectivity index is 1.37. The molecule has 2 aliphatic heterocycles. The van der Waals surface area contributed by atoms with Gasteiger partial charge in [-0.3, -0.25) is 19.2 Å². The third-order valence-corrected chi connectivity index (χ3v) is 7.50. The Morgan fingerprint density at radius 1 is 0.974 bits per heavy atom. The van der Waals surface area contributed by atoms with Crippen LogP contribution >= 0.6 is 0 Å². The van der Waals surface area contributed by atoms with Crippen LogP contribution in [0.15, 0.2) is 54.7 Å². The summed E-state index contributed by atoms with van der Waals surface area (Å²) in [4.78, 5) is 29.2. The summed E-state index contributed by atoms with van der Waals surface area (Å²) in [6.07, 6.45) is 4.40. The van der Waals surface area contributed by atoms with Gasteiger partial charge in [-0.2, -0.15) is 0 Å². The van der Waals surface area contributed by atoms with Gasteiger partial charge in [0.05, 0.1) is 11.1 Å². The average molecular weight is 523 g/mol. The Labute approximate surface area is 220 Å². The molecular weight excluding hydrogens is 490 g/mol. The van der Waals surface area contributed by atoms with E-state index in [0.29, 0.717) is 70.4 Å². The number of carbonyl (C=O) groups is 2. The normalized spacial score (nSPS) is 20.6. The summed E-state index contributed by atoms with van der Waals surface area (Å²) in [6, 6.07) is 12.5. The molecule has 2 N–H and O–H groups in total. The monoisotopic (exact) mass is 522 g/mol. The fourth-order valence-corrected chi connectivity index (χ4v) is 5.41. The second-order valence-corrected chi connectivity index (χ2v) is 10.3. The van der Waals surface area contributed by atoms with Crippen LogP contribution in [0.25, 0.3) is 0 Å². The van der Waals surface area contributed by atoms with Gasteiger partial charge in [0, 0.05) is 44.7 Å². The molecule has 5 rings (SSSR count). The molecule has 2 bridgehead atoms. The van der Waals surface area contributed by atoms with Gasteiger partial charge in [-0.1, -0.05) is 35.5 Å². The molecule has 1 aromatic heterocycles. The highest BCUT2D eigenvalue weighted by atomic mass is 19.1. The highest BCUT2D eigenvalue weighted by Gasteiger charge is 2.43. The Morgan fingerprint density at radius 3 is 2.45 bits per heavy atom. The van der Waals surface area contributed by atoms with Crippen LogP contribution in [0.3, 0.4) is 0 Å². The maximum atomic E-state index is 13.9. The van der Waals surface area contributed by atoms with Crippen molar-refractivity contribution in [3.63, 3.8) is 0 Å². The van der Waals surface area contributed by atoms with E-state index in [1.165, 1.54) is 12.1 Å². The lowest BCUT2D eigenvalue weighted by molar-refractivity contribution is -0.137. The van der Waals surface area contributed by atoms with E-state index in [1.54, 1.807) is 4.68 Å². The van der Waals surface area contributed by atoms with Crippen LogP contribution in [0.1, 0.15) is 36.1 Å². The zero-order chi connectivity index (χ0) is 26.5. The number of halogens is 2. The number of amides is 2. The molecule has 2 aromatic carbocycles. The Bertz CT molecular complexity index is 1250. The molecule has 2 amide bonds. The smallest absolute Gasteiger partial charge is 0.242 e. The molecule has 10 heteroatoms. The molecule has 1 atom stereocenters. The van der Waals surface area contributed by atoms with Crippen molar-refractivity contribution in [1.82, 2.24) is 30.5 Å². The van der Waals surface area contributed by atoms with Crippen molar-refractivity contribution in [1.29, 1.82) is 0 Å². The minimum atomic E-state index is -0.784. The fourth-order valence-electron chi connectivity index (χ4n) is 5.41. The van der Waals surface area contributed by atoms with Gasteiger partial charge in [-0.05, 0) is 55.6 Å². The molecule has 200 valence electrons. The molecule has 0 radical (unpaired) electrons. The summed E-state index contributed by atoms with van der Waals surface area (Å²) in [7, 11) is 0. The quantitative estimate of drug-likeness (QED) is 0.550. The van der Waals surface area contributed by atoms with Gasteiger partial charge in [-0.15, -0.1) is 5.10 Å². The summed E-state index contributed by atoms with van der Waals surface area (Å²) in [6.45, 7) is 2.60. The third kappa shape index (κ3) is 6.24. The maximum absolute atomic E-state index is 13.9. The van der Waals surface area contributed by atoms with Gasteiger partial charge in [0.2, 0.25) is 11.8 Å². The number of nitrogens with one attached hydrogen (secondary N) is 2. The predicted octanol–water partition coefficient (Wildman–Crippen LogP) is 2.63. The molecule has 1 spiro atoms. The lowest BCUT2D eigenvalue weighted by atomic mass is 9.73. The molecule has 38 heavy (non-hydrogen) atoms. The van der Waals surface area contributed by atoms with Crippen LogP contribution in [-0.4, -0.2) is 57.4 Å². The summed E-state index contributed by atoms with van der Waals surface area (Å²) in [5.41, 5.74) is 1.47. The van der Waals surface area contributed by atoms with E-state index in [2.05, 4.69) is 25.8 Å². The van der Waals surface area contributed by atoms with E-state index in [4.69, 9.17) is 0 Å². The first kappa shape index (κ1) is 26.0. The standard InChI is InChI=1S/C28H32F2N6O2/c29-22-13-21(14-23(30)16-22)18-35-11-7-28(8-12-35)17-24-19-36(34-33-24)10-4-9-31-26(37)25(32-27(28)38)15-20-5-2-1-3-6-20/h1-3,5-6,13-14,16,19,25H,4,7-12,15,17-18H2,(H,31,37)(H,32,38)/t25-/m0/s1. The summed E-state index contributed by atoms with van der Waals surface area (Å²) < 4.78 is 29.2. The molecule has 2 aliphatic rings. The number of carbonyl (C=O) groups excluding carboxylic acids is 2. The number of aryl methyl sites for hydroxylation is 1. The Morgan fingerprint density at radius 2 is 1.71 bits per heavy atom. The largest absolute Gasteiger partial charge is 0.354 e. The number of likely N-dealkylation sites (tertiary alicyclic amines) is 1. The first-order valence-corrected chi connectivity index (χ1v) is 13.1. The van der Waals surface area contributed by atoms with E-state index >= 15 is 0 Å². The van der Waals surface area contributed by atoms with Crippen LogP contribution in [0.2, 0.25) is 0 Å². The van der Waals surface area contributed by atoms with E-state index < -0.39 is 23.1 Å². The van der Waals surface area contributed by atoms with Gasteiger partial charge in [0.25, 0.3) is 0 Å². The summed E-state index contributed by atoms with van der Waals surface area (Å²) >= 11 is 0. The van der Waals surface area contributed by atoms with Crippen LogP contribution in [0.4, 0.5) is 8.78 Å². The summed E-state index contributed by atoms with van der Waals surface area (Å²) in [5.74, 6) is -1.60. The molecule has 8 nitrogen and oxygen atoms in total. The van der Waals surface area contributed by atoms with Crippen LogP contribution in [0.5, 0.6) is 0 Å². The van der Waals surface area contributed by atoms with E-state index in [9.17, 15) is 18.4 Å². The number of nitrogens with zero attached hydrogens (tertiary/aromatic N) is 4. The van der Waals surface area contributed by atoms with Gasteiger partial charge in [0.1, 0.15) is 17.7 Å². The Hall–Kier alpha value is -3.66. The van der Waals surface area contributed by atoms with Crippen molar-refractivity contribution >= 4 is 11.8 Å². The first-order valence-electron chi connectivity index (χ1n) is 13.1. The molecule has 0 unspecified atom stereocenters. The molecular formula is C28H32F2N6O2. The van der Waals surface area contributed by atoms with Crippen LogP contribution < -0.4 is 10.6 Å². The van der Waals surface area contributed by atoms with Crippen molar-refractivity contribution in [2.45, 2.75) is 51.2 Å². The fraction of sp³-hybridized carbons (Fsp3) is 0.429. The van der Waals surface area contributed by atoms with Crippen molar-refractivity contribution in [3.05, 3.63) is 83.2 Å². The van der Waals surface area contributed by atoms with E-state index in [0.717, 1.165) is 17.3 Å². The molecule has 3 heterocycles. The number of aromatic nitrogens is 3. The minimum Gasteiger partial charge on any atom is -0.354 e. The van der Waals surface area contributed by atoms with Crippen molar-refractivity contribution in [2.75, 3.05) is 19.6 Å². The van der Waals surface area contributed by atoms with Crippen molar-refractivity contribution in [3.8, 4) is 0 Å². The maximum Gasteiger partial charge on any atom is 0.242 e. The van der Waals surface area contributed by atoms with Crippen LogP contribution in [0, 0.1) is 17.0 Å². The average Bonchev–Trinajstić information content (AvgIpc) is 3.34. The predicted molar refractivity (Wildman–Crippen MR) is 137 cm³/mol. The van der Waals surface area contributed by atoms with Crippen molar-refractivity contribution < 1.29 is 18.4 Å². The number of benzene rings is 2. The first-order chi connectivity index (χ1) is 18.4. The zero-order valence-corrected chi connectivity index (χ0v) is 21.2. The lowest BCUT2D eigenvalue weighted by Crippen LogP contribution is -2.56. The van der Waals surface area contributed by atoms with Crippen LogP contribution in [-0.2, 0) is 35.5 Å². The second kappa shape index (κ2) is 11.4. The number of hydrogen-bond acceptors (Lipinski definition) is 5. The van der Waals surface area contributed by atoms with E-state index in [-0.39, 0.29) is 11.8 Å². The van der Waals surface area contributed by atoms with Crippen molar-refractivity contribution in [2.24, 2.45) is 5.41 Å². The Kier molecular flexibility index (Phi) is 7.78. The molecule has 3 aromatic rings. The highest BCUT2D eigenvalue weighted by Crippen LogP contribution is 2.36. The van der Waals surface area contributed by atoms with Gasteiger partial charge >= 0.3 is 0 Å². The molecule has 0 aliphatic carbocycles. The zero-order valence-electron chi connectivity index (χ0n) is 21.2. The number of fused-ring (bicyclic) bond motifs is 2. The second-order valence-electron chi connectivity index (χ2n) is 10.3. The highest BCUT2D eigenvalue weighted by molar-refractivity contribution is 5.90. The SMILES string of the molecule is O=C1NCCCn2cc(nn2)CC2(CCN(Cc3cc(F)cc(F)c3)CC2)C(=O)N[C@H]1Cc1ccccc1. The topological polar surface area (TPSA) is 92.2 Å². The van der Waals surface area contributed by atoms with E-state index in [1.807, 2.05) is 36.5 Å². The van der Waals surface area contributed by atoms with Gasteiger partial charge < -0.3 is 10.6 Å². The minimum absolute atomic E-state index is 0.182. The molecule has 1 fully saturated rings. The lowest BCUT2D eigenvalue weighted by Gasteiger charge is -2.41. The third-order valence-electron chi connectivity index (χ3n) is 7.50. The van der Waals surface area contributed by atoms with Gasteiger partial charge in [-0.25, -0.2) is 8.78 Å². The molecule has 1 saturated heterocycles. The number of rotatable bonds is 4. The molecule has 0 saturated carbocycles. The number of piperidine rings is 1. The van der Waals surface area contributed by atoms with Gasteiger partial charge in [0.15, 0.2) is 0 Å². The number of hydrogen-bond donors (Lipinski definition) is 2.